The van der Waals surface area contributed by atoms with Gasteiger partial charge in [0, 0.05) is 24.9 Å². The first-order valence-corrected chi connectivity index (χ1v) is 14.8. The van der Waals surface area contributed by atoms with Gasteiger partial charge in [0.25, 0.3) is 0 Å². The standard InChI is InChI=1S/C35H44N4O4/c1-10-28-27(21-38(9)22-29(28)26-16-15-24-13-11-12-14-25(24)20-26)19-23(2)30-17-18-31(37-36-30)39(32(40)42-34(3,4)5)33(41)43-35(6,7)8/h10-20,23,29H,21-22H2,1-9H3/b27-19-,28-10+/t23?,29-/m0/s1. The van der Waals surface area contributed by atoms with Gasteiger partial charge in [-0.05, 0) is 95.1 Å². The van der Waals surface area contributed by atoms with Crippen LogP contribution in [-0.4, -0.2) is 58.6 Å². The minimum Gasteiger partial charge on any atom is -0.443 e. The number of carbonyl (C=O) groups excluding carboxylic acids is 2. The third kappa shape index (κ3) is 8.08. The summed E-state index contributed by atoms with van der Waals surface area (Å²) in [6.07, 6.45) is 2.71. The van der Waals surface area contributed by atoms with Crippen molar-refractivity contribution in [3.63, 3.8) is 0 Å². The maximum absolute atomic E-state index is 13.0. The van der Waals surface area contributed by atoms with Crippen molar-refractivity contribution in [2.45, 2.75) is 78.4 Å². The first kappa shape index (κ1) is 31.9. The van der Waals surface area contributed by atoms with Gasteiger partial charge in [0.1, 0.15) is 11.2 Å². The molecule has 1 aromatic heterocycles. The molecule has 1 saturated heterocycles. The molecular weight excluding hydrogens is 540 g/mol. The maximum Gasteiger partial charge on any atom is 0.425 e. The Morgan fingerprint density at radius 1 is 0.930 bits per heavy atom. The number of likely N-dealkylation sites (tertiary alicyclic amines) is 1. The largest absolute Gasteiger partial charge is 0.443 e. The highest BCUT2D eigenvalue weighted by Crippen LogP contribution is 2.37. The van der Waals surface area contributed by atoms with E-state index in [1.807, 2.05) is 0 Å². The van der Waals surface area contributed by atoms with E-state index in [-0.39, 0.29) is 17.7 Å². The average Bonchev–Trinajstić information content (AvgIpc) is 2.91. The molecule has 1 aliphatic rings. The highest BCUT2D eigenvalue weighted by Gasteiger charge is 2.34. The molecule has 0 saturated carbocycles. The van der Waals surface area contributed by atoms with Gasteiger partial charge >= 0.3 is 12.2 Å². The minimum absolute atomic E-state index is 0.0370. The molecular formula is C35H44N4O4. The summed E-state index contributed by atoms with van der Waals surface area (Å²) in [5, 5.41) is 11.2. The third-order valence-electron chi connectivity index (χ3n) is 7.14. The van der Waals surface area contributed by atoms with Crippen molar-refractivity contribution in [1.82, 2.24) is 15.1 Å². The van der Waals surface area contributed by atoms with E-state index in [1.54, 1.807) is 53.7 Å². The number of benzene rings is 2. The number of nitrogens with zero attached hydrogens (tertiary/aromatic N) is 4. The Morgan fingerprint density at radius 2 is 1.56 bits per heavy atom. The molecule has 0 spiro atoms. The summed E-state index contributed by atoms with van der Waals surface area (Å²) in [7, 11) is 2.15. The number of ether oxygens (including phenoxy) is 2. The molecule has 8 heteroatoms. The van der Waals surface area contributed by atoms with E-state index in [4.69, 9.17) is 9.47 Å². The third-order valence-corrected chi connectivity index (χ3v) is 7.14. The zero-order valence-corrected chi connectivity index (χ0v) is 26.8. The van der Waals surface area contributed by atoms with Crippen molar-refractivity contribution in [1.29, 1.82) is 0 Å². The van der Waals surface area contributed by atoms with Crippen LogP contribution in [0.3, 0.4) is 0 Å². The van der Waals surface area contributed by atoms with Crippen LogP contribution in [0, 0.1) is 0 Å². The van der Waals surface area contributed by atoms with Crippen LogP contribution in [0.15, 0.2) is 77.9 Å². The fraction of sp³-hybridized carbons (Fsp3) is 0.429. The molecule has 4 rings (SSSR count). The van der Waals surface area contributed by atoms with E-state index < -0.39 is 23.4 Å². The number of fused-ring (bicyclic) bond motifs is 1. The number of imide groups is 1. The number of allylic oxidation sites excluding steroid dienone is 2. The number of carbonyl (C=O) groups is 2. The fourth-order valence-electron chi connectivity index (χ4n) is 5.29. The van der Waals surface area contributed by atoms with Gasteiger partial charge in [-0.25, -0.2) is 9.59 Å². The first-order valence-electron chi connectivity index (χ1n) is 14.8. The summed E-state index contributed by atoms with van der Waals surface area (Å²) < 4.78 is 10.9. The highest BCUT2D eigenvalue weighted by molar-refractivity contribution is 6.08. The van der Waals surface area contributed by atoms with Crippen LogP contribution in [0.1, 0.15) is 78.5 Å². The quantitative estimate of drug-likeness (QED) is 0.307. The normalized spacial score (nSPS) is 19.0. The molecule has 2 heterocycles. The Balaban J connectivity index is 1.60. The molecule has 3 aromatic rings. The molecule has 43 heavy (non-hydrogen) atoms. The summed E-state index contributed by atoms with van der Waals surface area (Å²) >= 11 is 0. The smallest absolute Gasteiger partial charge is 0.425 e. The Labute approximate surface area is 255 Å². The van der Waals surface area contributed by atoms with Crippen LogP contribution in [0.2, 0.25) is 0 Å². The van der Waals surface area contributed by atoms with Crippen LogP contribution in [0.5, 0.6) is 0 Å². The molecule has 0 radical (unpaired) electrons. The van der Waals surface area contributed by atoms with Gasteiger partial charge < -0.3 is 14.4 Å². The van der Waals surface area contributed by atoms with Crippen molar-refractivity contribution >= 4 is 28.8 Å². The second-order valence-electron chi connectivity index (χ2n) is 13.2. The summed E-state index contributed by atoms with van der Waals surface area (Å²) in [6, 6.07) is 18.6. The summed E-state index contributed by atoms with van der Waals surface area (Å²) in [4.78, 5) is 29.1. The van der Waals surface area contributed by atoms with E-state index in [2.05, 4.69) is 90.6 Å². The minimum atomic E-state index is -0.873. The molecule has 0 aliphatic carbocycles. The van der Waals surface area contributed by atoms with Gasteiger partial charge in [0.15, 0.2) is 5.82 Å². The zero-order chi connectivity index (χ0) is 31.5. The van der Waals surface area contributed by atoms with Crippen molar-refractivity contribution in [3.8, 4) is 0 Å². The number of likely N-dealkylation sites (N-methyl/N-ethyl adjacent to an activating group) is 1. The van der Waals surface area contributed by atoms with E-state index in [0.717, 1.165) is 23.7 Å². The van der Waals surface area contributed by atoms with Gasteiger partial charge in [-0.3, -0.25) is 0 Å². The van der Waals surface area contributed by atoms with Gasteiger partial charge in [0.05, 0.1) is 5.69 Å². The predicted octanol–water partition coefficient (Wildman–Crippen LogP) is 8.01. The molecule has 0 bridgehead atoms. The lowest BCUT2D eigenvalue weighted by molar-refractivity contribution is 0.0428. The molecule has 8 nitrogen and oxygen atoms in total. The summed E-state index contributed by atoms with van der Waals surface area (Å²) in [5.41, 5.74) is 2.95. The topological polar surface area (TPSA) is 84.9 Å². The molecule has 1 aliphatic heterocycles. The average molecular weight is 585 g/mol. The number of hydrogen-bond acceptors (Lipinski definition) is 7. The van der Waals surface area contributed by atoms with Crippen molar-refractivity contribution in [2.24, 2.45) is 0 Å². The van der Waals surface area contributed by atoms with E-state index in [0.29, 0.717) is 0 Å². The molecule has 1 unspecified atom stereocenters. The molecule has 2 atom stereocenters. The van der Waals surface area contributed by atoms with Gasteiger partial charge in [-0.15, -0.1) is 5.10 Å². The number of hydrogen-bond donors (Lipinski definition) is 0. The monoisotopic (exact) mass is 584 g/mol. The number of amides is 2. The van der Waals surface area contributed by atoms with Crippen LogP contribution in [0.4, 0.5) is 15.4 Å². The highest BCUT2D eigenvalue weighted by atomic mass is 16.6. The number of anilines is 1. The fourth-order valence-corrected chi connectivity index (χ4v) is 5.29. The second-order valence-corrected chi connectivity index (χ2v) is 13.2. The summed E-state index contributed by atoms with van der Waals surface area (Å²) in [5.74, 6) is 0.221. The molecule has 0 N–H and O–H groups in total. The van der Waals surface area contributed by atoms with E-state index >= 15 is 0 Å². The molecule has 228 valence electrons. The van der Waals surface area contributed by atoms with Gasteiger partial charge in [-0.1, -0.05) is 61.5 Å². The molecule has 1 fully saturated rings. The SMILES string of the molecule is C/C=C1\C(=C/C(C)c2ccc(N(C(=O)OC(C)(C)C)C(=O)OC(C)(C)C)nn2)CN(C)C[C@H]1c1ccc2ccccc2c1. The first-order chi connectivity index (χ1) is 20.1. The second kappa shape index (κ2) is 12.7. The van der Waals surface area contributed by atoms with Crippen LogP contribution < -0.4 is 4.90 Å². The Morgan fingerprint density at radius 3 is 2.12 bits per heavy atom. The Kier molecular flexibility index (Phi) is 9.40. The lowest BCUT2D eigenvalue weighted by atomic mass is 9.81. The van der Waals surface area contributed by atoms with E-state index in [1.165, 1.54) is 27.5 Å². The van der Waals surface area contributed by atoms with Crippen LogP contribution in [0.25, 0.3) is 10.8 Å². The zero-order valence-electron chi connectivity index (χ0n) is 26.8. The lowest BCUT2D eigenvalue weighted by Gasteiger charge is -2.35. The van der Waals surface area contributed by atoms with Crippen LogP contribution >= 0.6 is 0 Å². The van der Waals surface area contributed by atoms with Crippen LogP contribution in [-0.2, 0) is 9.47 Å². The molecule has 2 aromatic carbocycles. The lowest BCUT2D eigenvalue weighted by Crippen LogP contribution is -2.44. The van der Waals surface area contributed by atoms with Crippen molar-refractivity contribution < 1.29 is 19.1 Å². The Bertz CT molecular complexity index is 1500. The Hall–Kier alpha value is -4.04. The van der Waals surface area contributed by atoms with Gasteiger partial charge in [0.2, 0.25) is 0 Å². The predicted molar refractivity (Wildman–Crippen MR) is 171 cm³/mol. The number of piperidine rings is 1. The molecule has 2 amide bonds. The van der Waals surface area contributed by atoms with Crippen molar-refractivity contribution in [3.05, 3.63) is 89.2 Å². The van der Waals surface area contributed by atoms with Crippen molar-refractivity contribution in [2.75, 3.05) is 25.0 Å². The maximum atomic E-state index is 13.0. The summed E-state index contributed by atoms with van der Waals surface area (Å²) in [6.45, 7) is 16.3. The van der Waals surface area contributed by atoms with E-state index in [9.17, 15) is 9.59 Å². The number of aromatic nitrogens is 2. The number of rotatable bonds is 4. The van der Waals surface area contributed by atoms with Gasteiger partial charge in [-0.2, -0.15) is 10.00 Å².